The summed E-state index contributed by atoms with van der Waals surface area (Å²) in [7, 11) is 0. The van der Waals surface area contributed by atoms with E-state index < -0.39 is 0 Å². The molecule has 0 aromatic carbocycles. The monoisotopic (exact) mass is 249 g/mol. The van der Waals surface area contributed by atoms with Gasteiger partial charge in [0.05, 0.1) is 10.9 Å². The molecule has 3 rings (SSSR count). The fourth-order valence-electron chi connectivity index (χ4n) is 2.46. The molecule has 18 heavy (non-hydrogen) atoms. The largest absolute Gasteiger partial charge is 0.420 e. The Kier molecular flexibility index (Phi) is 2.59. The Morgan fingerprint density at radius 2 is 2.17 bits per heavy atom. The Bertz CT molecular complexity index is 593. The van der Waals surface area contributed by atoms with E-state index in [9.17, 15) is 4.79 Å². The minimum atomic E-state index is -0.0313. The van der Waals surface area contributed by atoms with Crippen LogP contribution in [0.2, 0.25) is 0 Å². The lowest BCUT2D eigenvalue weighted by molar-refractivity contribution is 0.0546. The molecule has 0 radical (unpaired) electrons. The normalized spacial score (nSPS) is 17.4. The first-order valence-corrected chi connectivity index (χ1v) is 6.03. The van der Waals surface area contributed by atoms with Crippen LogP contribution in [0, 0.1) is 12.8 Å². The number of rotatable bonds is 2. The first-order valence-electron chi connectivity index (χ1n) is 6.03. The molecule has 2 aromatic heterocycles. The maximum Gasteiger partial charge on any atom is 0.248 e. The number of nitrogens with two attached hydrogens (primary N) is 1. The molecule has 1 aliphatic heterocycles. The van der Waals surface area contributed by atoms with Crippen LogP contribution in [-0.4, -0.2) is 29.2 Å². The van der Waals surface area contributed by atoms with E-state index >= 15 is 0 Å². The van der Waals surface area contributed by atoms with E-state index in [0.29, 0.717) is 29.9 Å². The van der Waals surface area contributed by atoms with Gasteiger partial charge in [-0.25, -0.2) is 0 Å². The van der Waals surface area contributed by atoms with Crippen LogP contribution in [0.25, 0.3) is 11.1 Å². The standard InChI is InChI=1S/C12H15N3O3/c1-6-8-9(11(13)18-12(8)15-14-6)10(16)7-2-4-17-5-3-7/h7H,2-5,13H2,1H3,(H,14,15). The van der Waals surface area contributed by atoms with Crippen LogP contribution in [0.3, 0.4) is 0 Å². The van der Waals surface area contributed by atoms with Crippen molar-refractivity contribution < 1.29 is 13.9 Å². The Morgan fingerprint density at radius 1 is 1.44 bits per heavy atom. The van der Waals surface area contributed by atoms with Gasteiger partial charge in [-0.1, -0.05) is 0 Å². The predicted octanol–water partition coefficient (Wildman–Crippen LogP) is 1.66. The van der Waals surface area contributed by atoms with Gasteiger partial charge < -0.3 is 14.9 Å². The highest BCUT2D eigenvalue weighted by Gasteiger charge is 2.29. The quantitative estimate of drug-likeness (QED) is 0.789. The average molecular weight is 249 g/mol. The molecule has 2 aromatic rings. The number of nitrogen functional groups attached to an aromatic ring is 1. The summed E-state index contributed by atoms with van der Waals surface area (Å²) in [6.45, 7) is 3.11. The van der Waals surface area contributed by atoms with Gasteiger partial charge in [-0.3, -0.25) is 9.89 Å². The molecule has 1 aliphatic rings. The molecule has 96 valence electrons. The summed E-state index contributed by atoms with van der Waals surface area (Å²) in [5, 5.41) is 7.50. The van der Waals surface area contributed by atoms with Gasteiger partial charge in [0.2, 0.25) is 11.6 Å². The second-order valence-electron chi connectivity index (χ2n) is 4.62. The molecule has 3 N–H and O–H groups in total. The van der Waals surface area contributed by atoms with Gasteiger partial charge in [0.15, 0.2) is 5.78 Å². The van der Waals surface area contributed by atoms with Crippen LogP contribution < -0.4 is 5.73 Å². The number of nitrogens with one attached hydrogen (secondary N) is 1. The van der Waals surface area contributed by atoms with Gasteiger partial charge >= 0.3 is 0 Å². The van der Waals surface area contributed by atoms with Crippen LogP contribution in [-0.2, 0) is 4.74 Å². The number of ketones is 1. The number of aryl methyl sites for hydroxylation is 1. The smallest absolute Gasteiger partial charge is 0.248 e. The fraction of sp³-hybridized carbons (Fsp3) is 0.500. The number of fused-ring (bicyclic) bond motifs is 1. The third-order valence-electron chi connectivity index (χ3n) is 3.46. The highest BCUT2D eigenvalue weighted by molar-refractivity contribution is 6.12. The number of aromatic amines is 1. The van der Waals surface area contributed by atoms with E-state index in [-0.39, 0.29) is 17.6 Å². The summed E-state index contributed by atoms with van der Waals surface area (Å²) in [6.07, 6.45) is 1.48. The zero-order chi connectivity index (χ0) is 12.7. The number of aromatic nitrogens is 2. The molecule has 0 bridgehead atoms. The first kappa shape index (κ1) is 11.3. The number of ether oxygens (including phenoxy) is 1. The summed E-state index contributed by atoms with van der Waals surface area (Å²) in [5.41, 5.74) is 7.49. The molecule has 3 heterocycles. The van der Waals surface area contributed by atoms with Crippen LogP contribution in [0.1, 0.15) is 28.9 Å². The fourth-order valence-corrected chi connectivity index (χ4v) is 2.46. The zero-order valence-corrected chi connectivity index (χ0v) is 10.2. The third-order valence-corrected chi connectivity index (χ3v) is 3.46. The number of carbonyl (C=O) groups is 1. The van der Waals surface area contributed by atoms with Crippen molar-refractivity contribution in [1.82, 2.24) is 10.2 Å². The maximum absolute atomic E-state index is 12.5. The highest BCUT2D eigenvalue weighted by Crippen LogP contribution is 2.32. The second-order valence-corrected chi connectivity index (χ2v) is 4.62. The number of carbonyl (C=O) groups excluding carboxylic acids is 1. The molecular formula is C12H15N3O3. The second kappa shape index (κ2) is 4.13. The molecule has 6 nitrogen and oxygen atoms in total. The van der Waals surface area contributed by atoms with Gasteiger partial charge in [-0.2, -0.15) is 0 Å². The number of hydrogen-bond acceptors (Lipinski definition) is 5. The molecule has 0 amide bonds. The van der Waals surface area contributed by atoms with Crippen LogP contribution in [0.5, 0.6) is 0 Å². The lowest BCUT2D eigenvalue weighted by Crippen LogP contribution is -2.24. The van der Waals surface area contributed by atoms with Gasteiger partial charge in [0, 0.05) is 24.8 Å². The SMILES string of the molecule is Cc1[nH]nc2oc(N)c(C(=O)C3CCOCC3)c12. The van der Waals surface area contributed by atoms with Gasteiger partial charge in [-0.05, 0) is 19.8 Å². The van der Waals surface area contributed by atoms with Crippen molar-refractivity contribution in [1.29, 1.82) is 0 Å². The van der Waals surface area contributed by atoms with Gasteiger partial charge in [0.1, 0.15) is 0 Å². The van der Waals surface area contributed by atoms with Crippen LogP contribution in [0.15, 0.2) is 4.42 Å². The molecule has 6 heteroatoms. The Morgan fingerprint density at radius 3 is 2.89 bits per heavy atom. The molecular weight excluding hydrogens is 234 g/mol. The number of furan rings is 1. The van der Waals surface area contributed by atoms with Crippen LogP contribution in [0.4, 0.5) is 5.88 Å². The molecule has 0 aliphatic carbocycles. The summed E-state index contributed by atoms with van der Waals surface area (Å²) in [4.78, 5) is 12.5. The van der Waals surface area contributed by atoms with Crippen molar-refractivity contribution in [2.75, 3.05) is 18.9 Å². The Labute approximate surface area is 103 Å². The van der Waals surface area contributed by atoms with E-state index in [2.05, 4.69) is 10.2 Å². The molecule has 1 fully saturated rings. The van der Waals surface area contributed by atoms with E-state index in [0.717, 1.165) is 18.5 Å². The minimum absolute atomic E-state index is 0.0313. The summed E-state index contributed by atoms with van der Waals surface area (Å²) in [5.74, 6) is 0.177. The molecule has 0 unspecified atom stereocenters. The van der Waals surface area contributed by atoms with E-state index in [1.165, 1.54) is 0 Å². The van der Waals surface area contributed by atoms with Crippen molar-refractivity contribution in [3.8, 4) is 0 Å². The van der Waals surface area contributed by atoms with Crippen molar-refractivity contribution >= 4 is 22.8 Å². The number of nitrogens with zero attached hydrogens (tertiary/aromatic N) is 1. The maximum atomic E-state index is 12.5. The van der Waals surface area contributed by atoms with Crippen molar-refractivity contribution in [2.45, 2.75) is 19.8 Å². The van der Waals surface area contributed by atoms with E-state index in [4.69, 9.17) is 14.9 Å². The predicted molar refractivity (Wildman–Crippen MR) is 65.4 cm³/mol. The van der Waals surface area contributed by atoms with Crippen molar-refractivity contribution in [3.63, 3.8) is 0 Å². The zero-order valence-electron chi connectivity index (χ0n) is 10.2. The summed E-state index contributed by atoms with van der Waals surface area (Å²) < 4.78 is 10.6. The lowest BCUT2D eigenvalue weighted by Gasteiger charge is -2.20. The molecule has 0 spiro atoms. The summed E-state index contributed by atoms with van der Waals surface area (Å²) >= 11 is 0. The number of Topliss-reactive ketones (excluding diaryl/α,β-unsaturated/α-hetero) is 1. The average Bonchev–Trinajstić information content (AvgIpc) is 2.89. The van der Waals surface area contributed by atoms with Gasteiger partial charge in [0.25, 0.3) is 0 Å². The number of hydrogen-bond donors (Lipinski definition) is 2. The number of H-pyrrole nitrogens is 1. The minimum Gasteiger partial charge on any atom is -0.420 e. The highest BCUT2D eigenvalue weighted by atomic mass is 16.5. The topological polar surface area (TPSA) is 94.1 Å². The number of anilines is 1. The summed E-state index contributed by atoms with van der Waals surface area (Å²) in [6, 6.07) is 0. The molecule has 1 saturated heterocycles. The third kappa shape index (κ3) is 1.60. The van der Waals surface area contributed by atoms with Crippen molar-refractivity contribution in [2.24, 2.45) is 5.92 Å². The Balaban J connectivity index is 2.04. The van der Waals surface area contributed by atoms with E-state index in [1.54, 1.807) is 0 Å². The Hall–Kier alpha value is -1.82. The molecule has 0 atom stereocenters. The van der Waals surface area contributed by atoms with Crippen LogP contribution >= 0.6 is 0 Å². The van der Waals surface area contributed by atoms with Crippen molar-refractivity contribution in [3.05, 3.63) is 11.3 Å². The first-order chi connectivity index (χ1) is 8.68. The lowest BCUT2D eigenvalue weighted by atomic mass is 9.90. The van der Waals surface area contributed by atoms with E-state index in [1.807, 2.05) is 6.92 Å². The molecule has 0 saturated carbocycles. The van der Waals surface area contributed by atoms with Gasteiger partial charge in [-0.15, -0.1) is 5.10 Å².